The van der Waals surface area contributed by atoms with Crippen LogP contribution in [0.4, 0.5) is 15.3 Å². The highest BCUT2D eigenvalue weighted by molar-refractivity contribution is 9.10. The van der Waals surface area contributed by atoms with Crippen molar-refractivity contribution in [2.45, 2.75) is 46.1 Å². The summed E-state index contributed by atoms with van der Waals surface area (Å²) in [6.07, 6.45) is 1.60. The number of amides is 3. The molecule has 0 saturated carbocycles. The first kappa shape index (κ1) is 21.5. The molecule has 1 saturated heterocycles. The van der Waals surface area contributed by atoms with Gasteiger partial charge in [-0.1, -0.05) is 22.0 Å². The Kier molecular flexibility index (Phi) is 7.14. The molecule has 1 atom stereocenters. The molecule has 0 radical (unpaired) electrons. The number of aryl methyl sites for hydroxylation is 1. The van der Waals surface area contributed by atoms with Gasteiger partial charge in [0.15, 0.2) is 0 Å². The summed E-state index contributed by atoms with van der Waals surface area (Å²) in [4.78, 5) is 28.3. The fourth-order valence-electron chi connectivity index (χ4n) is 3.12. The van der Waals surface area contributed by atoms with Crippen LogP contribution in [0, 0.1) is 12.8 Å². The van der Waals surface area contributed by atoms with Crippen LogP contribution in [0.15, 0.2) is 22.7 Å². The molecule has 7 heteroatoms. The number of likely N-dealkylation sites (tertiary alicyclic amines) is 1. The first-order chi connectivity index (χ1) is 12.5. The Morgan fingerprint density at radius 1 is 1.37 bits per heavy atom. The molecule has 27 heavy (non-hydrogen) atoms. The van der Waals surface area contributed by atoms with Gasteiger partial charge in [0.05, 0.1) is 0 Å². The van der Waals surface area contributed by atoms with Gasteiger partial charge in [0.1, 0.15) is 5.60 Å². The normalized spacial score (nSPS) is 17.4. The lowest BCUT2D eigenvalue weighted by molar-refractivity contribution is 0.0253. The lowest BCUT2D eigenvalue weighted by Crippen LogP contribution is -2.46. The number of ether oxygens (including phenoxy) is 1. The van der Waals surface area contributed by atoms with Crippen molar-refractivity contribution in [1.29, 1.82) is 0 Å². The van der Waals surface area contributed by atoms with Crippen LogP contribution in [0.3, 0.4) is 0 Å². The van der Waals surface area contributed by atoms with Gasteiger partial charge in [-0.25, -0.2) is 9.59 Å². The van der Waals surface area contributed by atoms with E-state index < -0.39 is 5.60 Å². The number of piperidine rings is 1. The molecule has 0 aliphatic carbocycles. The second-order valence-electron chi connectivity index (χ2n) is 8.20. The average molecular weight is 440 g/mol. The summed E-state index contributed by atoms with van der Waals surface area (Å²) in [6.45, 7) is 9.48. The zero-order chi connectivity index (χ0) is 20.2. The second kappa shape index (κ2) is 8.95. The molecule has 3 amide bonds. The predicted molar refractivity (Wildman–Crippen MR) is 111 cm³/mol. The summed E-state index contributed by atoms with van der Waals surface area (Å²) in [5.74, 6) is 0.241. The molecule has 1 aromatic carbocycles. The maximum Gasteiger partial charge on any atom is 0.410 e. The molecule has 1 aliphatic heterocycles. The Morgan fingerprint density at radius 2 is 2.07 bits per heavy atom. The van der Waals surface area contributed by atoms with Crippen molar-refractivity contribution in [1.82, 2.24) is 9.80 Å². The number of rotatable bonds is 3. The molecule has 0 spiro atoms. The number of benzene rings is 1. The van der Waals surface area contributed by atoms with Crippen LogP contribution in [-0.2, 0) is 4.74 Å². The van der Waals surface area contributed by atoms with E-state index in [1.165, 1.54) is 0 Å². The van der Waals surface area contributed by atoms with E-state index in [9.17, 15) is 9.59 Å². The predicted octanol–water partition coefficient (Wildman–Crippen LogP) is 4.87. The lowest BCUT2D eigenvalue weighted by Gasteiger charge is -2.35. The third-order valence-corrected chi connectivity index (χ3v) is 4.98. The zero-order valence-electron chi connectivity index (χ0n) is 16.8. The van der Waals surface area contributed by atoms with Gasteiger partial charge in [-0.05, 0) is 64.2 Å². The highest BCUT2D eigenvalue weighted by Crippen LogP contribution is 2.23. The Bertz CT molecular complexity index is 688. The number of carbonyl (C=O) groups excluding carboxylic acids is 2. The molecule has 2 rings (SSSR count). The van der Waals surface area contributed by atoms with Gasteiger partial charge >= 0.3 is 12.1 Å². The molecule has 1 aromatic rings. The third-order valence-electron chi connectivity index (χ3n) is 4.48. The van der Waals surface area contributed by atoms with Crippen molar-refractivity contribution in [3.05, 3.63) is 28.2 Å². The summed E-state index contributed by atoms with van der Waals surface area (Å²) in [5, 5.41) is 3.00. The van der Waals surface area contributed by atoms with Crippen molar-refractivity contribution in [2.75, 3.05) is 32.0 Å². The molecule has 1 heterocycles. The monoisotopic (exact) mass is 439 g/mol. The van der Waals surface area contributed by atoms with Crippen molar-refractivity contribution < 1.29 is 14.3 Å². The van der Waals surface area contributed by atoms with Gasteiger partial charge in [0.25, 0.3) is 0 Å². The topological polar surface area (TPSA) is 61.9 Å². The van der Waals surface area contributed by atoms with Gasteiger partial charge in [-0.15, -0.1) is 0 Å². The van der Waals surface area contributed by atoms with Gasteiger partial charge in [0.2, 0.25) is 0 Å². The molecule has 1 unspecified atom stereocenters. The van der Waals surface area contributed by atoms with E-state index in [0.29, 0.717) is 13.1 Å². The number of anilines is 1. The number of carbonyl (C=O) groups is 2. The molecule has 150 valence electrons. The standard InChI is InChI=1S/C20H30BrN3O3/c1-14-8-9-16(21)11-17(14)22-18(25)24-10-6-7-15(13-24)12-23(5)19(26)27-20(2,3)4/h8-9,11,15H,6-7,10,12-13H2,1-5H3,(H,22,25). The quantitative estimate of drug-likeness (QED) is 0.730. The molecular weight excluding hydrogens is 410 g/mol. The SMILES string of the molecule is Cc1ccc(Br)cc1NC(=O)N1CCCC(CN(C)C(=O)OC(C)(C)C)C1. The molecule has 1 N–H and O–H groups in total. The third kappa shape index (κ3) is 6.72. The van der Waals surface area contributed by atoms with E-state index in [4.69, 9.17) is 4.74 Å². The minimum Gasteiger partial charge on any atom is -0.444 e. The number of hydrogen-bond donors (Lipinski definition) is 1. The van der Waals surface area contributed by atoms with Crippen LogP contribution in [0.5, 0.6) is 0 Å². The fourth-order valence-corrected chi connectivity index (χ4v) is 3.48. The first-order valence-electron chi connectivity index (χ1n) is 9.31. The number of urea groups is 1. The van der Waals surface area contributed by atoms with Crippen molar-refractivity contribution in [3.8, 4) is 0 Å². The Morgan fingerprint density at radius 3 is 2.74 bits per heavy atom. The molecule has 0 aromatic heterocycles. The molecule has 6 nitrogen and oxygen atoms in total. The zero-order valence-corrected chi connectivity index (χ0v) is 18.4. The molecule has 1 fully saturated rings. The number of halogens is 1. The molecular formula is C20H30BrN3O3. The Hall–Kier alpha value is -1.76. The van der Waals surface area contributed by atoms with Crippen molar-refractivity contribution in [2.24, 2.45) is 5.92 Å². The summed E-state index contributed by atoms with van der Waals surface area (Å²) < 4.78 is 6.34. The van der Waals surface area contributed by atoms with Crippen molar-refractivity contribution >= 4 is 33.7 Å². The van der Waals surface area contributed by atoms with Gasteiger partial charge in [-0.2, -0.15) is 0 Å². The van der Waals surface area contributed by atoms with E-state index in [1.54, 1.807) is 11.9 Å². The fraction of sp³-hybridized carbons (Fsp3) is 0.600. The van der Waals surface area contributed by atoms with Gasteiger partial charge < -0.3 is 19.9 Å². The molecule has 1 aliphatic rings. The molecule has 0 bridgehead atoms. The van der Waals surface area contributed by atoms with Crippen LogP contribution in [-0.4, -0.2) is 54.2 Å². The maximum atomic E-state index is 12.7. The minimum atomic E-state index is -0.508. The number of nitrogens with one attached hydrogen (secondary N) is 1. The summed E-state index contributed by atoms with van der Waals surface area (Å²) >= 11 is 3.44. The summed E-state index contributed by atoms with van der Waals surface area (Å²) in [6, 6.07) is 5.73. The van der Waals surface area contributed by atoms with Crippen LogP contribution in [0.2, 0.25) is 0 Å². The van der Waals surface area contributed by atoms with Crippen LogP contribution < -0.4 is 5.32 Å². The highest BCUT2D eigenvalue weighted by atomic mass is 79.9. The highest BCUT2D eigenvalue weighted by Gasteiger charge is 2.27. The first-order valence-corrected chi connectivity index (χ1v) is 10.1. The van der Waals surface area contributed by atoms with E-state index in [1.807, 2.05) is 50.8 Å². The Balaban J connectivity index is 1.92. The van der Waals surface area contributed by atoms with E-state index in [-0.39, 0.29) is 18.0 Å². The second-order valence-corrected chi connectivity index (χ2v) is 9.12. The van der Waals surface area contributed by atoms with Gasteiger partial charge in [-0.3, -0.25) is 0 Å². The van der Waals surface area contributed by atoms with Crippen molar-refractivity contribution in [3.63, 3.8) is 0 Å². The summed E-state index contributed by atoms with van der Waals surface area (Å²) in [5.41, 5.74) is 1.32. The lowest BCUT2D eigenvalue weighted by atomic mass is 9.98. The summed E-state index contributed by atoms with van der Waals surface area (Å²) in [7, 11) is 1.75. The smallest absolute Gasteiger partial charge is 0.410 e. The van der Waals surface area contributed by atoms with E-state index >= 15 is 0 Å². The largest absolute Gasteiger partial charge is 0.444 e. The van der Waals surface area contributed by atoms with Crippen LogP contribution >= 0.6 is 15.9 Å². The van der Waals surface area contributed by atoms with Crippen LogP contribution in [0.1, 0.15) is 39.2 Å². The number of hydrogen-bond acceptors (Lipinski definition) is 3. The van der Waals surface area contributed by atoms with Gasteiger partial charge in [0, 0.05) is 36.8 Å². The maximum absolute atomic E-state index is 12.7. The number of nitrogens with zero attached hydrogens (tertiary/aromatic N) is 2. The van der Waals surface area contributed by atoms with E-state index in [0.717, 1.165) is 35.1 Å². The van der Waals surface area contributed by atoms with E-state index in [2.05, 4.69) is 21.2 Å². The van der Waals surface area contributed by atoms with Crippen LogP contribution in [0.25, 0.3) is 0 Å². The minimum absolute atomic E-state index is 0.0965. The average Bonchev–Trinajstić information content (AvgIpc) is 2.56. The Labute approximate surface area is 170 Å².